The molecule has 5 heteroatoms. The zero-order valence-electron chi connectivity index (χ0n) is 20.4. The Morgan fingerprint density at radius 1 is 1.32 bits per heavy atom. The van der Waals surface area contributed by atoms with Gasteiger partial charge in [0.25, 0.3) is 0 Å². The van der Waals surface area contributed by atoms with Gasteiger partial charge in [-0.1, -0.05) is 88.4 Å². The Balaban J connectivity index is 0.00000110. The van der Waals surface area contributed by atoms with Gasteiger partial charge in [0.05, 0.1) is 11.6 Å². The third-order valence-corrected chi connectivity index (χ3v) is 5.26. The van der Waals surface area contributed by atoms with Crippen LogP contribution in [-0.2, 0) is 0 Å². The minimum Gasteiger partial charge on any atom is -0.507 e. The van der Waals surface area contributed by atoms with Crippen LogP contribution in [0.4, 0.5) is 4.39 Å². The third kappa shape index (κ3) is 10.9. The quantitative estimate of drug-likeness (QED) is 0.415. The van der Waals surface area contributed by atoms with Crippen molar-refractivity contribution in [2.45, 2.75) is 73.3 Å². The third-order valence-electron chi connectivity index (χ3n) is 5.04. The molecule has 176 valence electrons. The molecular weight excluding hydrogens is 411 g/mol. The molecule has 1 fully saturated rings. The summed E-state index contributed by atoms with van der Waals surface area (Å²) in [6.07, 6.45) is 13.1. The average Bonchev–Trinajstić information content (AvgIpc) is 2.69. The highest BCUT2D eigenvalue weighted by atomic mass is 35.5. The lowest BCUT2D eigenvalue weighted by Gasteiger charge is -2.29. The Kier molecular flexibility index (Phi) is 15.0. The Morgan fingerprint density at radius 2 is 1.90 bits per heavy atom. The van der Waals surface area contributed by atoms with E-state index in [1.807, 2.05) is 63.9 Å². The number of rotatable bonds is 7. The van der Waals surface area contributed by atoms with Gasteiger partial charge in [-0.3, -0.25) is 4.90 Å². The normalized spacial score (nSPS) is 15.7. The Bertz CT molecular complexity index is 712. The van der Waals surface area contributed by atoms with Crippen molar-refractivity contribution < 1.29 is 9.50 Å². The standard InChI is InChI=1S/C19H26ClFN2O.C5H10.C2H6/c1-5-6-7-8-13(2)19(23(4)10-9-14(3)22)18-16(21)11-15(20)12-17(18)24;1-5-3-2-4-5;1-2/h6-9,11-12,19,24H,5,10,22H2,1-4H3;5H,2-4H2,1H3;1-2H3/b7-6-,13-8+,14-9+;;. The summed E-state index contributed by atoms with van der Waals surface area (Å²) >= 11 is 5.83. The second-order valence-electron chi connectivity index (χ2n) is 7.89. The highest BCUT2D eigenvalue weighted by Crippen LogP contribution is 2.37. The molecule has 31 heavy (non-hydrogen) atoms. The molecule has 1 aromatic carbocycles. The van der Waals surface area contributed by atoms with Crippen LogP contribution in [0.5, 0.6) is 5.75 Å². The monoisotopic (exact) mass is 452 g/mol. The molecule has 0 aliphatic heterocycles. The van der Waals surface area contributed by atoms with Gasteiger partial charge < -0.3 is 10.8 Å². The number of nitrogens with zero attached hydrogens (tertiary/aromatic N) is 1. The van der Waals surface area contributed by atoms with Crippen molar-refractivity contribution >= 4 is 11.6 Å². The molecule has 1 unspecified atom stereocenters. The number of hydrogen-bond donors (Lipinski definition) is 2. The van der Waals surface area contributed by atoms with Crippen LogP contribution in [0.25, 0.3) is 0 Å². The first kappa shape index (κ1) is 29.2. The lowest BCUT2D eigenvalue weighted by atomic mass is 9.88. The highest BCUT2D eigenvalue weighted by molar-refractivity contribution is 6.30. The van der Waals surface area contributed by atoms with E-state index in [4.69, 9.17) is 17.3 Å². The minimum atomic E-state index is -0.530. The molecule has 1 aromatic rings. The second-order valence-corrected chi connectivity index (χ2v) is 8.33. The number of likely N-dealkylation sites (N-methyl/N-ethyl adjacent to an activating group) is 1. The Labute approximate surface area is 194 Å². The predicted octanol–water partition coefficient (Wildman–Crippen LogP) is 7.77. The van der Waals surface area contributed by atoms with Crippen molar-refractivity contribution in [2.24, 2.45) is 11.7 Å². The van der Waals surface area contributed by atoms with Gasteiger partial charge in [-0.2, -0.15) is 0 Å². The molecule has 0 heterocycles. The van der Waals surface area contributed by atoms with Crippen LogP contribution in [0.15, 0.2) is 47.7 Å². The van der Waals surface area contributed by atoms with E-state index in [1.54, 1.807) is 6.92 Å². The summed E-state index contributed by atoms with van der Waals surface area (Å²) in [7, 11) is 1.86. The van der Waals surface area contributed by atoms with Crippen molar-refractivity contribution in [3.05, 3.63) is 64.1 Å². The predicted molar refractivity (Wildman–Crippen MR) is 134 cm³/mol. The first-order chi connectivity index (χ1) is 14.7. The van der Waals surface area contributed by atoms with E-state index in [-0.39, 0.29) is 16.3 Å². The maximum absolute atomic E-state index is 14.5. The van der Waals surface area contributed by atoms with Crippen LogP contribution in [0.3, 0.4) is 0 Å². The van der Waals surface area contributed by atoms with E-state index < -0.39 is 11.9 Å². The molecule has 0 radical (unpaired) electrons. The summed E-state index contributed by atoms with van der Waals surface area (Å²) in [6.45, 7) is 12.6. The Hall–Kier alpha value is -1.78. The topological polar surface area (TPSA) is 49.5 Å². The van der Waals surface area contributed by atoms with Crippen LogP contribution in [0, 0.1) is 11.7 Å². The number of halogens is 2. The summed E-state index contributed by atoms with van der Waals surface area (Å²) in [5, 5.41) is 10.4. The number of nitrogens with two attached hydrogens (primary N) is 1. The van der Waals surface area contributed by atoms with Crippen molar-refractivity contribution in [1.82, 2.24) is 4.90 Å². The summed E-state index contributed by atoms with van der Waals surface area (Å²) in [6, 6.07) is 2.15. The lowest BCUT2D eigenvalue weighted by molar-refractivity contribution is 0.289. The van der Waals surface area contributed by atoms with E-state index in [0.29, 0.717) is 12.2 Å². The van der Waals surface area contributed by atoms with E-state index in [0.717, 1.165) is 17.9 Å². The first-order valence-corrected chi connectivity index (χ1v) is 11.7. The van der Waals surface area contributed by atoms with Gasteiger partial charge in [-0.25, -0.2) is 4.39 Å². The molecule has 1 atom stereocenters. The minimum absolute atomic E-state index is 0.155. The summed E-state index contributed by atoms with van der Waals surface area (Å²) in [4.78, 5) is 1.92. The van der Waals surface area contributed by atoms with Crippen LogP contribution in [0.2, 0.25) is 5.02 Å². The molecule has 0 spiro atoms. The SMILES string of the molecule is CC.CC/C=C\C=C(/C)C(c1c(O)cc(Cl)cc1F)N(C)C/C=C(\C)N.CC1CCC1. The van der Waals surface area contributed by atoms with Crippen molar-refractivity contribution in [1.29, 1.82) is 0 Å². The van der Waals surface area contributed by atoms with Crippen molar-refractivity contribution in [3.63, 3.8) is 0 Å². The number of aromatic hydroxyl groups is 1. The number of hydrogen-bond acceptors (Lipinski definition) is 3. The van der Waals surface area contributed by atoms with E-state index in [2.05, 4.69) is 6.92 Å². The van der Waals surface area contributed by atoms with Crippen molar-refractivity contribution in [3.8, 4) is 5.75 Å². The fourth-order valence-electron chi connectivity index (χ4n) is 3.09. The number of phenolic OH excluding ortho intramolecular Hbond substituents is 1. The number of phenols is 1. The maximum Gasteiger partial charge on any atom is 0.133 e. The van der Waals surface area contributed by atoms with E-state index >= 15 is 0 Å². The van der Waals surface area contributed by atoms with Crippen LogP contribution < -0.4 is 5.73 Å². The van der Waals surface area contributed by atoms with Gasteiger partial charge in [0.1, 0.15) is 11.6 Å². The summed E-state index contributed by atoms with van der Waals surface area (Å²) in [5.74, 6) is 0.380. The van der Waals surface area contributed by atoms with Gasteiger partial charge in [0.15, 0.2) is 0 Å². The van der Waals surface area contributed by atoms with Crippen LogP contribution in [0.1, 0.15) is 78.8 Å². The molecule has 1 saturated carbocycles. The molecule has 1 aliphatic carbocycles. The zero-order valence-corrected chi connectivity index (χ0v) is 21.1. The molecule has 3 nitrogen and oxygen atoms in total. The van der Waals surface area contributed by atoms with Gasteiger partial charge >= 0.3 is 0 Å². The Morgan fingerprint density at radius 3 is 2.32 bits per heavy atom. The zero-order chi connectivity index (χ0) is 24.0. The average molecular weight is 453 g/mol. The van der Waals surface area contributed by atoms with E-state index in [9.17, 15) is 9.50 Å². The molecule has 0 amide bonds. The highest BCUT2D eigenvalue weighted by Gasteiger charge is 2.25. The second kappa shape index (κ2) is 15.9. The van der Waals surface area contributed by atoms with Crippen LogP contribution in [-0.4, -0.2) is 23.6 Å². The van der Waals surface area contributed by atoms with Gasteiger partial charge in [0, 0.05) is 17.3 Å². The van der Waals surface area contributed by atoms with Gasteiger partial charge in [-0.15, -0.1) is 0 Å². The number of benzene rings is 1. The molecule has 3 N–H and O–H groups in total. The maximum atomic E-state index is 14.5. The number of allylic oxidation sites excluding steroid dienone is 4. The molecule has 2 rings (SSSR count). The van der Waals surface area contributed by atoms with Crippen LogP contribution >= 0.6 is 11.6 Å². The van der Waals surface area contributed by atoms with E-state index in [1.165, 1.54) is 31.4 Å². The fourth-order valence-corrected chi connectivity index (χ4v) is 3.29. The smallest absolute Gasteiger partial charge is 0.133 e. The molecule has 0 saturated heterocycles. The van der Waals surface area contributed by atoms with Crippen molar-refractivity contribution in [2.75, 3.05) is 13.6 Å². The lowest BCUT2D eigenvalue weighted by Crippen LogP contribution is -2.27. The largest absolute Gasteiger partial charge is 0.507 e. The molecule has 1 aliphatic rings. The summed E-state index contributed by atoms with van der Waals surface area (Å²) < 4.78 is 14.5. The molecular formula is C26H42ClFN2O. The van der Waals surface area contributed by atoms with Gasteiger partial charge in [-0.05, 0) is 45.4 Å². The molecule has 0 aromatic heterocycles. The first-order valence-electron chi connectivity index (χ1n) is 11.3. The summed E-state index contributed by atoms with van der Waals surface area (Å²) in [5.41, 5.74) is 7.51. The van der Waals surface area contributed by atoms with Gasteiger partial charge in [0.2, 0.25) is 0 Å². The fraction of sp³-hybridized carbons (Fsp3) is 0.538. The molecule has 0 bridgehead atoms.